The number of aliphatic hydroxyl groups excluding tert-OH is 1. The van der Waals surface area contributed by atoms with Crippen LogP contribution in [0.5, 0.6) is 5.75 Å². The molecule has 1 fully saturated rings. The predicted octanol–water partition coefficient (Wildman–Crippen LogP) is 5.84. The molecule has 1 atom stereocenters. The van der Waals surface area contributed by atoms with Gasteiger partial charge in [0.05, 0.1) is 13.2 Å². The zero-order valence-electron chi connectivity index (χ0n) is 18.6. The lowest BCUT2D eigenvalue weighted by molar-refractivity contribution is -0.225. The molecule has 1 N–H and O–H groups in total. The molecule has 178 valence electrons. The van der Waals surface area contributed by atoms with Gasteiger partial charge in [-0.25, -0.2) is 8.78 Å². The van der Waals surface area contributed by atoms with E-state index in [4.69, 9.17) is 14.2 Å². The van der Waals surface area contributed by atoms with Crippen LogP contribution >= 0.6 is 0 Å². The summed E-state index contributed by atoms with van der Waals surface area (Å²) in [5, 5.41) is 9.54. The number of hydrogen-bond donors (Lipinski definition) is 1. The van der Waals surface area contributed by atoms with E-state index in [2.05, 4.69) is 6.58 Å². The second-order valence-corrected chi connectivity index (χ2v) is 8.13. The van der Waals surface area contributed by atoms with Gasteiger partial charge >= 0.3 is 0 Å². The Morgan fingerprint density at radius 2 is 1.62 bits per heavy atom. The van der Waals surface area contributed by atoms with Crippen molar-refractivity contribution in [2.45, 2.75) is 25.2 Å². The molecule has 3 aromatic carbocycles. The Morgan fingerprint density at radius 1 is 0.971 bits per heavy atom. The zero-order chi connectivity index (χ0) is 24.2. The van der Waals surface area contributed by atoms with E-state index in [1.165, 1.54) is 24.3 Å². The summed E-state index contributed by atoms with van der Waals surface area (Å²) in [4.78, 5) is 0. The van der Waals surface area contributed by atoms with Crippen LogP contribution in [-0.4, -0.2) is 37.3 Å². The third-order valence-electron chi connectivity index (χ3n) is 5.69. The number of aliphatic hydroxyl groups is 1. The molecule has 1 aliphatic rings. The van der Waals surface area contributed by atoms with E-state index in [0.29, 0.717) is 16.7 Å². The monoisotopic (exact) mass is 470 g/mol. The topological polar surface area (TPSA) is 47.9 Å². The van der Waals surface area contributed by atoms with Gasteiger partial charge in [0.15, 0.2) is 17.9 Å². The molecule has 34 heavy (non-hydrogen) atoms. The van der Waals surface area contributed by atoms with Crippen LogP contribution in [0.4, 0.5) is 13.2 Å². The van der Waals surface area contributed by atoms with Crippen molar-refractivity contribution in [3.05, 3.63) is 90.3 Å². The first-order valence-corrected chi connectivity index (χ1v) is 10.9. The Balaban J connectivity index is 1.51. The normalized spacial score (nSPS) is 19.0. The smallest absolute Gasteiger partial charge is 0.201 e. The summed E-state index contributed by atoms with van der Waals surface area (Å²) in [6.07, 6.45) is -0.0146. The summed E-state index contributed by atoms with van der Waals surface area (Å²) in [6.45, 7) is 5.63. The molecule has 0 aliphatic carbocycles. The summed E-state index contributed by atoms with van der Waals surface area (Å²) in [5.41, 5.74) is 2.43. The van der Waals surface area contributed by atoms with Gasteiger partial charge in [0, 0.05) is 11.5 Å². The van der Waals surface area contributed by atoms with Crippen LogP contribution in [0.3, 0.4) is 0 Å². The van der Waals surface area contributed by atoms with E-state index in [-0.39, 0.29) is 37.1 Å². The molecule has 0 saturated carbocycles. The van der Waals surface area contributed by atoms with Crippen molar-refractivity contribution in [1.82, 2.24) is 0 Å². The molecular formula is C27H25F3O4. The lowest BCUT2D eigenvalue weighted by Gasteiger charge is -2.31. The number of hydrogen-bond acceptors (Lipinski definition) is 4. The number of rotatable bonds is 7. The maximum Gasteiger partial charge on any atom is 0.201 e. The predicted molar refractivity (Wildman–Crippen MR) is 123 cm³/mol. The van der Waals surface area contributed by atoms with Gasteiger partial charge in [-0.2, -0.15) is 4.39 Å². The van der Waals surface area contributed by atoms with Crippen molar-refractivity contribution in [2.24, 2.45) is 0 Å². The van der Waals surface area contributed by atoms with Crippen LogP contribution < -0.4 is 4.74 Å². The van der Waals surface area contributed by atoms with E-state index in [0.717, 1.165) is 5.56 Å². The van der Waals surface area contributed by atoms with Gasteiger partial charge in [-0.1, -0.05) is 49.1 Å². The van der Waals surface area contributed by atoms with Crippen LogP contribution in [0.25, 0.3) is 22.3 Å². The van der Waals surface area contributed by atoms with E-state index >= 15 is 0 Å². The SMILES string of the molecule is C=CCOc1ccc(-c2ccc(-c3ccc(C4COC(C(C)O)OC4)c(F)c3)cc2)c(F)c1F. The van der Waals surface area contributed by atoms with Crippen LogP contribution in [-0.2, 0) is 9.47 Å². The van der Waals surface area contributed by atoms with Crippen molar-refractivity contribution >= 4 is 0 Å². The maximum atomic E-state index is 14.9. The van der Waals surface area contributed by atoms with E-state index in [1.807, 2.05) is 0 Å². The molecule has 4 nitrogen and oxygen atoms in total. The van der Waals surface area contributed by atoms with Gasteiger partial charge in [-0.05, 0) is 47.4 Å². The first-order valence-electron chi connectivity index (χ1n) is 10.9. The highest BCUT2D eigenvalue weighted by atomic mass is 19.2. The van der Waals surface area contributed by atoms with Gasteiger partial charge in [0.2, 0.25) is 5.82 Å². The van der Waals surface area contributed by atoms with Gasteiger partial charge in [-0.3, -0.25) is 0 Å². The first kappa shape index (κ1) is 24.0. The third kappa shape index (κ3) is 5.01. The minimum absolute atomic E-state index is 0.0724. The van der Waals surface area contributed by atoms with E-state index < -0.39 is 29.8 Å². The van der Waals surface area contributed by atoms with Crippen molar-refractivity contribution in [3.63, 3.8) is 0 Å². The van der Waals surface area contributed by atoms with Crippen LogP contribution in [0, 0.1) is 17.5 Å². The summed E-state index contributed by atoms with van der Waals surface area (Å²) < 4.78 is 59.8. The van der Waals surface area contributed by atoms with E-state index in [9.17, 15) is 18.3 Å². The quantitative estimate of drug-likeness (QED) is 0.441. The first-order chi connectivity index (χ1) is 16.4. The fraction of sp³-hybridized carbons (Fsp3) is 0.259. The molecule has 1 heterocycles. The molecule has 0 bridgehead atoms. The minimum atomic E-state index is -1.06. The van der Waals surface area contributed by atoms with Gasteiger partial charge < -0.3 is 19.3 Å². The summed E-state index contributed by atoms with van der Waals surface area (Å²) in [5.74, 6) is -2.90. The number of ether oxygens (including phenoxy) is 3. The third-order valence-corrected chi connectivity index (χ3v) is 5.69. The largest absolute Gasteiger partial charge is 0.486 e. The highest BCUT2D eigenvalue weighted by Crippen LogP contribution is 2.33. The fourth-order valence-electron chi connectivity index (χ4n) is 3.87. The van der Waals surface area contributed by atoms with Crippen molar-refractivity contribution < 1.29 is 32.5 Å². The molecule has 0 radical (unpaired) electrons. The van der Waals surface area contributed by atoms with Crippen LogP contribution in [0.15, 0.2) is 67.3 Å². The average molecular weight is 470 g/mol. The van der Waals surface area contributed by atoms with Gasteiger partial charge in [0.1, 0.15) is 18.5 Å². The molecule has 0 amide bonds. The van der Waals surface area contributed by atoms with Crippen LogP contribution in [0.1, 0.15) is 18.4 Å². The second kappa shape index (κ2) is 10.4. The minimum Gasteiger partial charge on any atom is -0.486 e. The number of halogens is 3. The fourth-order valence-corrected chi connectivity index (χ4v) is 3.87. The molecule has 0 spiro atoms. The Hall–Kier alpha value is -3.13. The Morgan fingerprint density at radius 3 is 2.24 bits per heavy atom. The molecule has 1 unspecified atom stereocenters. The molecule has 3 aromatic rings. The summed E-state index contributed by atoms with van der Waals surface area (Å²) >= 11 is 0. The highest BCUT2D eigenvalue weighted by molar-refractivity contribution is 5.71. The van der Waals surface area contributed by atoms with Crippen molar-refractivity contribution in [2.75, 3.05) is 19.8 Å². The second-order valence-electron chi connectivity index (χ2n) is 8.13. The molecule has 1 saturated heterocycles. The zero-order valence-corrected chi connectivity index (χ0v) is 18.6. The van der Waals surface area contributed by atoms with Gasteiger partial charge in [-0.15, -0.1) is 0 Å². The van der Waals surface area contributed by atoms with Crippen molar-refractivity contribution in [1.29, 1.82) is 0 Å². The molecule has 0 aromatic heterocycles. The lowest BCUT2D eigenvalue weighted by atomic mass is 9.95. The highest BCUT2D eigenvalue weighted by Gasteiger charge is 2.28. The van der Waals surface area contributed by atoms with Crippen molar-refractivity contribution in [3.8, 4) is 28.0 Å². The maximum absolute atomic E-state index is 14.9. The van der Waals surface area contributed by atoms with Gasteiger partial charge in [0.25, 0.3) is 0 Å². The molecule has 4 rings (SSSR count). The van der Waals surface area contributed by atoms with E-state index in [1.54, 1.807) is 43.3 Å². The Labute approximate surface area is 196 Å². The summed E-state index contributed by atoms with van der Waals surface area (Å²) in [7, 11) is 0. The molecule has 7 heteroatoms. The summed E-state index contributed by atoms with van der Waals surface area (Å²) in [6, 6.07) is 14.5. The van der Waals surface area contributed by atoms with Crippen LogP contribution in [0.2, 0.25) is 0 Å². The number of benzene rings is 3. The Kier molecular flexibility index (Phi) is 7.36. The average Bonchev–Trinajstić information content (AvgIpc) is 2.85. The standard InChI is InChI=1S/C27H25F3O4/c1-3-12-32-24-11-10-22(25(29)26(24)30)18-6-4-17(5-7-18)19-8-9-21(23(28)13-19)20-14-33-27(16(2)31)34-15-20/h3-11,13,16,20,27,31H,1,12,14-15H2,2H3. The Bertz CT molecular complexity index is 1150. The molecule has 1 aliphatic heterocycles. The lowest BCUT2D eigenvalue weighted by Crippen LogP contribution is -2.37. The molecular weight excluding hydrogens is 445 g/mol.